The third kappa shape index (κ3) is 3.22. The molecule has 5 aromatic rings. The van der Waals surface area contributed by atoms with Gasteiger partial charge in [0, 0.05) is 16.8 Å². The first-order chi connectivity index (χ1) is 15.3. The van der Waals surface area contributed by atoms with Crippen molar-refractivity contribution in [3.63, 3.8) is 0 Å². The molecular formula is C24H23N5S2. The van der Waals surface area contributed by atoms with E-state index in [1.807, 2.05) is 16.8 Å². The molecule has 5 nitrogen and oxygen atoms in total. The fraction of sp³-hybridized carbons (Fsp3) is 0.333. The Morgan fingerprint density at radius 3 is 2.74 bits per heavy atom. The van der Waals surface area contributed by atoms with Crippen molar-refractivity contribution in [2.45, 2.75) is 56.4 Å². The number of hydrogen-bond acceptors (Lipinski definition) is 6. The molecule has 31 heavy (non-hydrogen) atoms. The average Bonchev–Trinajstić information content (AvgIpc) is 3.39. The number of nitrogens with zero attached hydrogens (tertiary/aromatic N) is 5. The van der Waals surface area contributed by atoms with Crippen molar-refractivity contribution in [2.24, 2.45) is 0 Å². The first-order valence-corrected chi connectivity index (χ1v) is 12.8. The summed E-state index contributed by atoms with van der Waals surface area (Å²) in [6, 6.07) is 10.5. The van der Waals surface area contributed by atoms with Gasteiger partial charge in [-0.15, -0.1) is 21.5 Å². The van der Waals surface area contributed by atoms with E-state index in [-0.39, 0.29) is 0 Å². The van der Waals surface area contributed by atoms with Crippen LogP contribution in [0.3, 0.4) is 0 Å². The zero-order valence-corrected chi connectivity index (χ0v) is 19.1. The molecule has 0 amide bonds. The number of aromatic nitrogens is 5. The Kier molecular flexibility index (Phi) is 4.88. The zero-order chi connectivity index (χ0) is 20.8. The van der Waals surface area contributed by atoms with E-state index < -0.39 is 0 Å². The maximum atomic E-state index is 5.12. The largest absolute Gasteiger partial charge is 0.259 e. The number of benzene rings is 1. The second-order valence-electron chi connectivity index (χ2n) is 8.13. The summed E-state index contributed by atoms with van der Waals surface area (Å²) in [6.07, 6.45) is 8.88. The lowest BCUT2D eigenvalue weighted by Gasteiger charge is -2.19. The van der Waals surface area contributed by atoms with Gasteiger partial charge in [0.2, 0.25) is 0 Å². The first kappa shape index (κ1) is 19.2. The fourth-order valence-electron chi connectivity index (χ4n) is 4.64. The van der Waals surface area contributed by atoms with Crippen molar-refractivity contribution in [1.82, 2.24) is 24.6 Å². The highest BCUT2D eigenvalue weighted by Gasteiger charge is 2.23. The van der Waals surface area contributed by atoms with Crippen molar-refractivity contribution < 1.29 is 0 Å². The van der Waals surface area contributed by atoms with Crippen LogP contribution in [-0.2, 0) is 25.0 Å². The number of hydrogen-bond donors (Lipinski definition) is 0. The molecule has 0 aliphatic heterocycles. The minimum Gasteiger partial charge on any atom is -0.259 e. The molecule has 0 atom stereocenters. The molecule has 0 fully saturated rings. The van der Waals surface area contributed by atoms with E-state index in [2.05, 4.69) is 41.4 Å². The number of fused-ring (bicyclic) bond motifs is 7. The smallest absolute Gasteiger partial charge is 0.197 e. The molecule has 0 radical (unpaired) electrons. The molecule has 156 valence electrons. The average molecular weight is 446 g/mol. The third-order valence-corrected chi connectivity index (χ3v) is 8.17. The van der Waals surface area contributed by atoms with Crippen LogP contribution in [0.25, 0.3) is 26.1 Å². The molecular weight excluding hydrogens is 422 g/mol. The highest BCUT2D eigenvalue weighted by Crippen LogP contribution is 2.40. The SMILES string of the molecule is CCCc1nc2sc3c(ncn4c(SCc5ccccc5)nnc34)c2c2c1CCCC2. The summed E-state index contributed by atoms with van der Waals surface area (Å²) in [5.41, 5.74) is 7.49. The highest BCUT2D eigenvalue weighted by molar-refractivity contribution is 7.98. The normalized spacial score (nSPS) is 14.0. The molecule has 0 spiro atoms. The van der Waals surface area contributed by atoms with Gasteiger partial charge < -0.3 is 0 Å². The van der Waals surface area contributed by atoms with Crippen molar-refractivity contribution in [3.05, 3.63) is 59.0 Å². The second-order valence-corrected chi connectivity index (χ2v) is 10.1. The number of thioether (sulfide) groups is 1. The van der Waals surface area contributed by atoms with Crippen LogP contribution < -0.4 is 0 Å². The summed E-state index contributed by atoms with van der Waals surface area (Å²) in [7, 11) is 0. The van der Waals surface area contributed by atoms with E-state index in [1.54, 1.807) is 23.1 Å². The maximum absolute atomic E-state index is 5.12. The van der Waals surface area contributed by atoms with E-state index in [0.29, 0.717) is 0 Å². The van der Waals surface area contributed by atoms with Gasteiger partial charge in [-0.25, -0.2) is 9.97 Å². The van der Waals surface area contributed by atoms with Gasteiger partial charge in [-0.2, -0.15) is 0 Å². The molecule has 6 rings (SSSR count). The van der Waals surface area contributed by atoms with Crippen LogP contribution in [0.2, 0.25) is 0 Å². The molecule has 0 saturated heterocycles. The number of thiophene rings is 1. The minimum atomic E-state index is 0.863. The Morgan fingerprint density at radius 2 is 1.90 bits per heavy atom. The lowest BCUT2D eigenvalue weighted by Crippen LogP contribution is -2.09. The molecule has 0 N–H and O–H groups in total. The van der Waals surface area contributed by atoms with Crippen LogP contribution in [-0.4, -0.2) is 24.6 Å². The van der Waals surface area contributed by atoms with Crippen LogP contribution >= 0.6 is 23.1 Å². The van der Waals surface area contributed by atoms with Gasteiger partial charge in [-0.3, -0.25) is 4.40 Å². The molecule has 0 saturated carbocycles. The predicted molar refractivity (Wildman–Crippen MR) is 128 cm³/mol. The zero-order valence-electron chi connectivity index (χ0n) is 17.5. The Morgan fingerprint density at radius 1 is 1.06 bits per heavy atom. The molecule has 1 aromatic carbocycles. The summed E-state index contributed by atoms with van der Waals surface area (Å²) in [6.45, 7) is 2.24. The van der Waals surface area contributed by atoms with Gasteiger partial charge in [-0.05, 0) is 48.8 Å². The van der Waals surface area contributed by atoms with E-state index in [9.17, 15) is 0 Å². The Bertz CT molecular complexity index is 1400. The quantitative estimate of drug-likeness (QED) is 0.310. The third-order valence-electron chi connectivity index (χ3n) is 6.09. The molecule has 1 aliphatic rings. The van der Waals surface area contributed by atoms with Gasteiger partial charge in [0.1, 0.15) is 15.9 Å². The molecule has 7 heteroatoms. The minimum absolute atomic E-state index is 0.863. The van der Waals surface area contributed by atoms with E-state index in [1.165, 1.54) is 40.6 Å². The summed E-state index contributed by atoms with van der Waals surface area (Å²) in [5.74, 6) is 0.863. The second kappa shape index (κ2) is 7.88. The van der Waals surface area contributed by atoms with Gasteiger partial charge in [0.25, 0.3) is 0 Å². The van der Waals surface area contributed by atoms with Crippen LogP contribution in [0, 0.1) is 0 Å². The van der Waals surface area contributed by atoms with Crippen molar-refractivity contribution >= 4 is 49.2 Å². The predicted octanol–water partition coefficient (Wildman–Crippen LogP) is 6.01. The van der Waals surface area contributed by atoms with E-state index in [0.717, 1.165) is 57.3 Å². The van der Waals surface area contributed by atoms with Gasteiger partial charge in [0.15, 0.2) is 10.8 Å². The van der Waals surface area contributed by atoms with Gasteiger partial charge >= 0.3 is 0 Å². The van der Waals surface area contributed by atoms with Gasteiger partial charge in [0.05, 0.1) is 5.52 Å². The first-order valence-electron chi connectivity index (χ1n) is 11.0. The lowest BCUT2D eigenvalue weighted by molar-refractivity contribution is 0.675. The van der Waals surface area contributed by atoms with Crippen molar-refractivity contribution in [2.75, 3.05) is 0 Å². The number of pyridine rings is 1. The Labute approximate surface area is 188 Å². The number of aryl methyl sites for hydroxylation is 2. The summed E-state index contributed by atoms with van der Waals surface area (Å²) < 4.78 is 3.13. The summed E-state index contributed by atoms with van der Waals surface area (Å²) in [4.78, 5) is 11.1. The molecule has 1 aliphatic carbocycles. The number of rotatable bonds is 5. The maximum Gasteiger partial charge on any atom is 0.197 e. The van der Waals surface area contributed by atoms with E-state index >= 15 is 0 Å². The molecule has 4 heterocycles. The molecule has 4 aromatic heterocycles. The van der Waals surface area contributed by atoms with Crippen molar-refractivity contribution in [3.8, 4) is 0 Å². The van der Waals surface area contributed by atoms with Crippen LogP contribution in [0.1, 0.15) is 48.6 Å². The van der Waals surface area contributed by atoms with Crippen LogP contribution in [0.5, 0.6) is 0 Å². The Hall–Kier alpha value is -2.51. The summed E-state index contributed by atoms with van der Waals surface area (Å²) in [5, 5.41) is 11.2. The topological polar surface area (TPSA) is 56.0 Å². The highest BCUT2D eigenvalue weighted by atomic mass is 32.2. The molecule has 0 bridgehead atoms. The van der Waals surface area contributed by atoms with Crippen molar-refractivity contribution in [1.29, 1.82) is 0 Å². The van der Waals surface area contributed by atoms with Crippen LogP contribution in [0.4, 0.5) is 0 Å². The van der Waals surface area contributed by atoms with Crippen LogP contribution in [0.15, 0.2) is 41.8 Å². The standard InChI is InChI=1S/C24H23N5S2/c1-2-8-18-16-11-6-7-12-17(16)19-20-21(31-23(19)26-18)22-27-28-24(29(22)14-25-20)30-13-15-9-4-3-5-10-15/h3-5,9-10,14H,2,6-8,11-13H2,1H3. The van der Waals surface area contributed by atoms with E-state index in [4.69, 9.17) is 9.97 Å². The molecule has 0 unspecified atom stereocenters. The monoisotopic (exact) mass is 445 g/mol. The van der Waals surface area contributed by atoms with Gasteiger partial charge in [-0.1, -0.05) is 55.4 Å². The Balaban J connectivity index is 1.49. The fourth-order valence-corrected chi connectivity index (χ4v) is 6.65. The summed E-state index contributed by atoms with van der Waals surface area (Å²) >= 11 is 3.42. The lowest BCUT2D eigenvalue weighted by atomic mass is 9.88.